The summed E-state index contributed by atoms with van der Waals surface area (Å²) in [6, 6.07) is 5.94. The van der Waals surface area contributed by atoms with E-state index in [0.717, 1.165) is 12.0 Å². The largest absolute Gasteiger partial charge is 0.342 e. The molecule has 2 aromatic heterocycles. The molecule has 2 amide bonds. The van der Waals surface area contributed by atoms with Gasteiger partial charge in [-0.05, 0) is 25.1 Å². The summed E-state index contributed by atoms with van der Waals surface area (Å²) in [4.78, 5) is 43.0. The lowest BCUT2D eigenvalue weighted by atomic mass is 10.2. The summed E-state index contributed by atoms with van der Waals surface area (Å²) in [5, 5.41) is 4.34. The van der Waals surface area contributed by atoms with Crippen molar-refractivity contribution in [2.24, 2.45) is 0 Å². The summed E-state index contributed by atoms with van der Waals surface area (Å²) in [6.45, 7) is 3.58. The maximum Gasteiger partial charge on any atom is 0.267 e. The fourth-order valence-electron chi connectivity index (χ4n) is 2.79. The molecule has 8 heteroatoms. The number of piperazine rings is 1. The predicted octanol–water partition coefficient (Wildman–Crippen LogP) is 0.167. The quantitative estimate of drug-likeness (QED) is 0.740. The minimum Gasteiger partial charge on any atom is -0.342 e. The molecule has 1 unspecified atom stereocenters. The van der Waals surface area contributed by atoms with Crippen molar-refractivity contribution >= 4 is 12.3 Å². The topological polar surface area (TPSA) is 88.4 Å². The standard InChI is InChI=1S/C17H19N5O3/c1-13(17(25)21-9-7-20(12-23)8-10-21)22-16(24)5-4-15(19-22)14-3-2-6-18-11-14/h2-6,11-13H,7-10H2,1H3. The first-order chi connectivity index (χ1) is 12.1. The van der Waals surface area contributed by atoms with E-state index in [1.165, 1.54) is 10.7 Å². The second-order valence-corrected chi connectivity index (χ2v) is 5.89. The van der Waals surface area contributed by atoms with E-state index in [0.29, 0.717) is 31.9 Å². The lowest BCUT2D eigenvalue weighted by Gasteiger charge is -2.34. The van der Waals surface area contributed by atoms with Gasteiger partial charge in [0.05, 0.1) is 5.69 Å². The highest BCUT2D eigenvalue weighted by Gasteiger charge is 2.26. The Labute approximate surface area is 144 Å². The minimum absolute atomic E-state index is 0.177. The normalized spacial score (nSPS) is 15.7. The van der Waals surface area contributed by atoms with E-state index in [1.54, 1.807) is 41.2 Å². The predicted molar refractivity (Wildman–Crippen MR) is 90.7 cm³/mol. The first kappa shape index (κ1) is 16.8. The second kappa shape index (κ2) is 7.25. The van der Waals surface area contributed by atoms with E-state index in [1.807, 2.05) is 6.07 Å². The Kier molecular flexibility index (Phi) is 4.87. The second-order valence-electron chi connectivity index (χ2n) is 5.89. The number of nitrogens with zero attached hydrogens (tertiary/aromatic N) is 5. The summed E-state index contributed by atoms with van der Waals surface area (Å²) in [6.07, 6.45) is 4.10. The van der Waals surface area contributed by atoms with E-state index in [-0.39, 0.29) is 11.5 Å². The first-order valence-corrected chi connectivity index (χ1v) is 8.08. The summed E-state index contributed by atoms with van der Waals surface area (Å²) >= 11 is 0. The van der Waals surface area contributed by atoms with Gasteiger partial charge in [0.25, 0.3) is 5.56 Å². The molecule has 0 spiro atoms. The molecule has 0 aliphatic carbocycles. The number of pyridine rings is 1. The summed E-state index contributed by atoms with van der Waals surface area (Å²) in [5.74, 6) is -0.177. The zero-order valence-electron chi connectivity index (χ0n) is 13.9. The molecule has 0 bridgehead atoms. The Morgan fingerprint density at radius 2 is 1.96 bits per heavy atom. The Bertz CT molecular complexity index is 813. The van der Waals surface area contributed by atoms with Crippen LogP contribution in [0.25, 0.3) is 11.3 Å². The van der Waals surface area contributed by atoms with Crippen LogP contribution >= 0.6 is 0 Å². The number of aromatic nitrogens is 3. The molecule has 25 heavy (non-hydrogen) atoms. The van der Waals surface area contributed by atoms with Crippen molar-refractivity contribution in [2.45, 2.75) is 13.0 Å². The number of hydrogen-bond donors (Lipinski definition) is 0. The molecule has 1 aliphatic rings. The van der Waals surface area contributed by atoms with Crippen molar-refractivity contribution < 1.29 is 9.59 Å². The molecule has 1 aliphatic heterocycles. The molecular weight excluding hydrogens is 322 g/mol. The van der Waals surface area contributed by atoms with Crippen molar-refractivity contribution in [3.63, 3.8) is 0 Å². The molecule has 8 nitrogen and oxygen atoms in total. The van der Waals surface area contributed by atoms with Crippen LogP contribution in [0.4, 0.5) is 0 Å². The van der Waals surface area contributed by atoms with Crippen molar-refractivity contribution in [1.29, 1.82) is 0 Å². The molecule has 1 saturated heterocycles. The number of carbonyl (C=O) groups excluding carboxylic acids is 2. The van der Waals surface area contributed by atoms with Gasteiger partial charge in [-0.15, -0.1) is 0 Å². The molecule has 3 heterocycles. The van der Waals surface area contributed by atoms with Crippen LogP contribution < -0.4 is 5.56 Å². The lowest BCUT2D eigenvalue weighted by molar-refractivity contribution is -0.138. The van der Waals surface area contributed by atoms with Gasteiger partial charge in [-0.3, -0.25) is 19.4 Å². The SMILES string of the molecule is CC(C(=O)N1CCN(C=O)CC1)n1nc(-c2cccnc2)ccc1=O. The third kappa shape index (κ3) is 3.57. The van der Waals surface area contributed by atoms with Gasteiger partial charge < -0.3 is 9.80 Å². The van der Waals surface area contributed by atoms with Gasteiger partial charge in [-0.25, -0.2) is 4.68 Å². The maximum atomic E-state index is 12.7. The van der Waals surface area contributed by atoms with Crippen molar-refractivity contribution in [1.82, 2.24) is 24.6 Å². The van der Waals surface area contributed by atoms with E-state index < -0.39 is 6.04 Å². The maximum absolute atomic E-state index is 12.7. The highest BCUT2D eigenvalue weighted by molar-refractivity contribution is 5.80. The summed E-state index contributed by atoms with van der Waals surface area (Å²) in [7, 11) is 0. The summed E-state index contributed by atoms with van der Waals surface area (Å²) in [5.41, 5.74) is 1.02. The number of rotatable bonds is 4. The van der Waals surface area contributed by atoms with E-state index in [4.69, 9.17) is 0 Å². The third-order valence-corrected chi connectivity index (χ3v) is 4.28. The molecule has 2 aromatic rings. The van der Waals surface area contributed by atoms with Gasteiger partial charge in [-0.2, -0.15) is 5.10 Å². The lowest BCUT2D eigenvalue weighted by Crippen LogP contribution is -2.50. The first-order valence-electron chi connectivity index (χ1n) is 8.08. The van der Waals surface area contributed by atoms with Crippen LogP contribution in [0, 0.1) is 0 Å². The van der Waals surface area contributed by atoms with Crippen LogP contribution in [-0.4, -0.2) is 63.1 Å². The number of carbonyl (C=O) groups is 2. The average Bonchev–Trinajstić information content (AvgIpc) is 2.68. The van der Waals surface area contributed by atoms with Gasteiger partial charge in [0.15, 0.2) is 0 Å². The van der Waals surface area contributed by atoms with Gasteiger partial charge in [0.2, 0.25) is 12.3 Å². The van der Waals surface area contributed by atoms with Crippen LogP contribution in [0.5, 0.6) is 0 Å². The van der Waals surface area contributed by atoms with Crippen molar-refractivity contribution in [3.05, 3.63) is 47.0 Å². The smallest absolute Gasteiger partial charge is 0.267 e. The van der Waals surface area contributed by atoms with Crippen LogP contribution in [-0.2, 0) is 9.59 Å². The zero-order valence-corrected chi connectivity index (χ0v) is 13.9. The zero-order chi connectivity index (χ0) is 17.8. The van der Waals surface area contributed by atoms with Gasteiger partial charge in [0, 0.05) is 50.2 Å². The highest BCUT2D eigenvalue weighted by Crippen LogP contribution is 2.15. The van der Waals surface area contributed by atoms with Crippen LogP contribution in [0.2, 0.25) is 0 Å². The van der Waals surface area contributed by atoms with E-state index >= 15 is 0 Å². The van der Waals surface area contributed by atoms with E-state index in [2.05, 4.69) is 10.1 Å². The van der Waals surface area contributed by atoms with Crippen LogP contribution in [0.3, 0.4) is 0 Å². The van der Waals surface area contributed by atoms with Gasteiger partial charge in [-0.1, -0.05) is 0 Å². The molecule has 0 radical (unpaired) electrons. The van der Waals surface area contributed by atoms with Crippen molar-refractivity contribution in [3.8, 4) is 11.3 Å². The molecular formula is C17H19N5O3. The monoisotopic (exact) mass is 341 g/mol. The third-order valence-electron chi connectivity index (χ3n) is 4.28. The molecule has 1 atom stereocenters. The Morgan fingerprint density at radius 3 is 2.60 bits per heavy atom. The molecule has 0 N–H and O–H groups in total. The fourth-order valence-corrected chi connectivity index (χ4v) is 2.79. The molecule has 3 rings (SSSR count). The Balaban J connectivity index is 1.82. The van der Waals surface area contributed by atoms with Gasteiger partial charge in [0.1, 0.15) is 6.04 Å². The fraction of sp³-hybridized carbons (Fsp3) is 0.353. The highest BCUT2D eigenvalue weighted by atomic mass is 16.2. The Hall–Kier alpha value is -3.03. The molecule has 0 saturated carbocycles. The number of hydrogen-bond acceptors (Lipinski definition) is 5. The van der Waals surface area contributed by atoms with Gasteiger partial charge >= 0.3 is 0 Å². The van der Waals surface area contributed by atoms with E-state index in [9.17, 15) is 14.4 Å². The van der Waals surface area contributed by atoms with Crippen LogP contribution in [0.15, 0.2) is 41.5 Å². The van der Waals surface area contributed by atoms with Crippen LogP contribution in [0.1, 0.15) is 13.0 Å². The van der Waals surface area contributed by atoms with Crippen molar-refractivity contribution in [2.75, 3.05) is 26.2 Å². The number of amides is 2. The molecule has 0 aromatic carbocycles. The minimum atomic E-state index is -0.716. The Morgan fingerprint density at radius 1 is 1.20 bits per heavy atom. The molecule has 130 valence electrons. The molecule has 1 fully saturated rings. The summed E-state index contributed by atoms with van der Waals surface area (Å²) < 4.78 is 1.21. The average molecular weight is 341 g/mol.